The van der Waals surface area contributed by atoms with E-state index in [1.165, 1.54) is 5.69 Å². The van der Waals surface area contributed by atoms with Crippen molar-refractivity contribution in [1.29, 1.82) is 0 Å². The first-order chi connectivity index (χ1) is 17.7. The van der Waals surface area contributed by atoms with E-state index in [2.05, 4.69) is 53.8 Å². The molecule has 1 fully saturated rings. The van der Waals surface area contributed by atoms with Crippen molar-refractivity contribution in [1.82, 2.24) is 14.4 Å². The number of ether oxygens (including phenoxy) is 1. The van der Waals surface area contributed by atoms with Crippen LogP contribution in [0.25, 0.3) is 0 Å². The first-order valence-electron chi connectivity index (χ1n) is 13.3. The summed E-state index contributed by atoms with van der Waals surface area (Å²) in [4.78, 5) is 17.9. The summed E-state index contributed by atoms with van der Waals surface area (Å²) in [5.74, 6) is 0.962. The Balaban J connectivity index is 1.51. The third-order valence-electron chi connectivity index (χ3n) is 7.44. The molecule has 6 heteroatoms. The zero-order valence-corrected chi connectivity index (χ0v) is 23.4. The Morgan fingerprint density at radius 1 is 1.14 bits per heavy atom. The molecule has 0 saturated carbocycles. The van der Waals surface area contributed by atoms with Gasteiger partial charge in [0.1, 0.15) is 5.75 Å². The van der Waals surface area contributed by atoms with E-state index in [1.807, 2.05) is 55.3 Å². The molecule has 3 aromatic rings. The number of hydrogen-bond acceptors (Lipinski definition) is 3. The number of piperidine rings is 1. The fraction of sp³-hybridized carbons (Fsp3) is 0.452. The van der Waals surface area contributed by atoms with Crippen LogP contribution in [-0.4, -0.2) is 47.0 Å². The molecule has 37 heavy (non-hydrogen) atoms. The SMILES string of the molecule is Cc1cc(OCC2(CC(=O)N(C)Cc3ccccc3)CCCN(Cc3cccn3C(C)C)C2)ccc1Cl. The summed E-state index contributed by atoms with van der Waals surface area (Å²) in [6.45, 7) is 10.3. The highest BCUT2D eigenvalue weighted by Gasteiger charge is 2.39. The second kappa shape index (κ2) is 12.2. The van der Waals surface area contributed by atoms with Crippen LogP contribution in [0.2, 0.25) is 5.02 Å². The van der Waals surface area contributed by atoms with Crippen LogP contribution in [0.4, 0.5) is 0 Å². The summed E-state index contributed by atoms with van der Waals surface area (Å²) < 4.78 is 8.70. The minimum atomic E-state index is -0.261. The Morgan fingerprint density at radius 3 is 2.65 bits per heavy atom. The predicted molar refractivity (Wildman–Crippen MR) is 151 cm³/mol. The van der Waals surface area contributed by atoms with E-state index in [9.17, 15) is 4.79 Å². The topological polar surface area (TPSA) is 37.7 Å². The number of amides is 1. The number of hydrogen-bond donors (Lipinski definition) is 0. The molecule has 2 heterocycles. The molecule has 0 spiro atoms. The number of rotatable bonds is 10. The normalized spacial score (nSPS) is 18.2. The summed E-state index contributed by atoms with van der Waals surface area (Å²) in [5, 5.41) is 0.733. The minimum Gasteiger partial charge on any atom is -0.493 e. The van der Waals surface area contributed by atoms with Gasteiger partial charge in [-0.3, -0.25) is 9.69 Å². The molecule has 1 aliphatic heterocycles. The number of nitrogens with zero attached hydrogens (tertiary/aromatic N) is 3. The lowest BCUT2D eigenvalue weighted by Crippen LogP contribution is -2.48. The van der Waals surface area contributed by atoms with Crippen molar-refractivity contribution in [2.24, 2.45) is 5.41 Å². The standard InChI is InChI=1S/C31H40ClN3O2/c1-24(2)35-17-8-12-27(35)21-34-16-9-15-31(22-34,23-37-28-13-14-29(32)25(3)18-28)19-30(36)33(4)20-26-10-6-5-7-11-26/h5-8,10-14,17-18,24H,9,15-16,19-23H2,1-4H3. The molecule has 0 bridgehead atoms. The van der Waals surface area contributed by atoms with Gasteiger partial charge in [0.2, 0.25) is 5.91 Å². The Labute approximate surface area is 227 Å². The molecule has 1 aromatic heterocycles. The van der Waals surface area contributed by atoms with E-state index in [0.717, 1.165) is 54.4 Å². The highest BCUT2D eigenvalue weighted by Crippen LogP contribution is 2.36. The van der Waals surface area contributed by atoms with Crippen molar-refractivity contribution in [2.45, 2.75) is 59.2 Å². The highest BCUT2D eigenvalue weighted by molar-refractivity contribution is 6.31. The third kappa shape index (κ3) is 7.18. The van der Waals surface area contributed by atoms with Crippen LogP contribution < -0.4 is 4.74 Å². The second-order valence-electron chi connectivity index (χ2n) is 10.9. The zero-order chi connectivity index (χ0) is 26.4. The average Bonchev–Trinajstić information content (AvgIpc) is 3.34. The minimum absolute atomic E-state index is 0.159. The van der Waals surface area contributed by atoms with E-state index >= 15 is 0 Å². The Morgan fingerprint density at radius 2 is 1.92 bits per heavy atom. The molecule has 1 unspecified atom stereocenters. The van der Waals surface area contributed by atoms with Gasteiger partial charge in [0.15, 0.2) is 0 Å². The van der Waals surface area contributed by atoms with Gasteiger partial charge in [-0.05, 0) is 81.6 Å². The first-order valence-corrected chi connectivity index (χ1v) is 13.7. The first kappa shape index (κ1) is 27.3. The van der Waals surface area contributed by atoms with Crippen molar-refractivity contribution < 1.29 is 9.53 Å². The van der Waals surface area contributed by atoms with E-state index < -0.39 is 0 Å². The van der Waals surface area contributed by atoms with Crippen molar-refractivity contribution in [3.8, 4) is 5.75 Å². The number of halogens is 1. The Bertz CT molecular complexity index is 1180. The van der Waals surface area contributed by atoms with Crippen LogP contribution >= 0.6 is 11.6 Å². The molecule has 0 aliphatic carbocycles. The number of aryl methyl sites for hydroxylation is 1. The maximum atomic E-state index is 13.5. The Hall–Kier alpha value is -2.76. The van der Waals surface area contributed by atoms with E-state index in [-0.39, 0.29) is 11.3 Å². The van der Waals surface area contributed by atoms with Gasteiger partial charge >= 0.3 is 0 Å². The van der Waals surface area contributed by atoms with Crippen molar-refractivity contribution in [2.75, 3.05) is 26.7 Å². The number of likely N-dealkylation sites (tertiary alicyclic amines) is 1. The number of benzene rings is 2. The molecular formula is C31H40ClN3O2. The molecular weight excluding hydrogens is 482 g/mol. The van der Waals surface area contributed by atoms with Crippen LogP contribution in [0, 0.1) is 12.3 Å². The van der Waals surface area contributed by atoms with Crippen molar-refractivity contribution in [3.05, 3.63) is 88.7 Å². The summed E-state index contributed by atoms with van der Waals surface area (Å²) in [6, 6.07) is 20.7. The molecule has 0 N–H and O–H groups in total. The van der Waals surface area contributed by atoms with Crippen molar-refractivity contribution in [3.63, 3.8) is 0 Å². The van der Waals surface area contributed by atoms with Crippen molar-refractivity contribution >= 4 is 17.5 Å². The predicted octanol–water partition coefficient (Wildman–Crippen LogP) is 6.74. The van der Waals surface area contributed by atoms with Gasteiger partial charge < -0.3 is 14.2 Å². The second-order valence-corrected chi connectivity index (χ2v) is 11.3. The van der Waals surface area contributed by atoms with Gasteiger partial charge in [-0.15, -0.1) is 0 Å². The van der Waals surface area contributed by atoms with Gasteiger partial charge in [0.25, 0.3) is 0 Å². The number of carbonyl (C=O) groups excluding carboxylic acids is 1. The maximum absolute atomic E-state index is 13.5. The molecule has 1 aliphatic rings. The summed E-state index contributed by atoms with van der Waals surface area (Å²) in [7, 11) is 1.91. The smallest absolute Gasteiger partial charge is 0.223 e. The lowest BCUT2D eigenvalue weighted by molar-refractivity contribution is -0.135. The van der Waals surface area contributed by atoms with Gasteiger partial charge in [-0.1, -0.05) is 41.9 Å². The third-order valence-corrected chi connectivity index (χ3v) is 7.86. The molecule has 198 valence electrons. The molecule has 0 radical (unpaired) electrons. The largest absolute Gasteiger partial charge is 0.493 e. The van der Waals surface area contributed by atoms with Crippen LogP contribution in [0.3, 0.4) is 0 Å². The van der Waals surface area contributed by atoms with E-state index in [4.69, 9.17) is 16.3 Å². The van der Waals surface area contributed by atoms with Crippen LogP contribution in [0.15, 0.2) is 66.9 Å². The van der Waals surface area contributed by atoms with E-state index in [1.54, 1.807) is 0 Å². The summed E-state index contributed by atoms with van der Waals surface area (Å²) in [6.07, 6.45) is 4.63. The fourth-order valence-corrected chi connectivity index (χ4v) is 5.52. The van der Waals surface area contributed by atoms with Gasteiger partial charge in [-0.25, -0.2) is 0 Å². The van der Waals surface area contributed by atoms with Crippen LogP contribution in [0.5, 0.6) is 5.75 Å². The maximum Gasteiger partial charge on any atom is 0.223 e. The lowest BCUT2D eigenvalue weighted by Gasteiger charge is -2.43. The Kier molecular flexibility index (Phi) is 8.99. The fourth-order valence-electron chi connectivity index (χ4n) is 5.40. The van der Waals surface area contributed by atoms with Crippen LogP contribution in [0.1, 0.15) is 56.0 Å². The van der Waals surface area contributed by atoms with E-state index in [0.29, 0.717) is 25.6 Å². The summed E-state index contributed by atoms with van der Waals surface area (Å²) >= 11 is 6.23. The lowest BCUT2D eigenvalue weighted by atomic mass is 9.77. The molecule has 5 nitrogen and oxygen atoms in total. The molecule has 2 aromatic carbocycles. The monoisotopic (exact) mass is 521 g/mol. The number of carbonyl (C=O) groups is 1. The van der Waals surface area contributed by atoms with Gasteiger partial charge in [0, 0.05) is 61.5 Å². The average molecular weight is 522 g/mol. The van der Waals surface area contributed by atoms with Crippen LogP contribution in [-0.2, 0) is 17.9 Å². The number of aromatic nitrogens is 1. The quantitative estimate of drug-likeness (QED) is 0.296. The highest BCUT2D eigenvalue weighted by atomic mass is 35.5. The summed E-state index contributed by atoms with van der Waals surface area (Å²) in [5.41, 5.74) is 3.18. The van der Waals surface area contributed by atoms with Gasteiger partial charge in [-0.2, -0.15) is 0 Å². The molecule has 1 amide bonds. The molecule has 1 saturated heterocycles. The molecule has 4 rings (SSSR count). The zero-order valence-electron chi connectivity index (χ0n) is 22.6. The van der Waals surface area contributed by atoms with Gasteiger partial charge in [0.05, 0.1) is 6.61 Å². The molecule has 1 atom stereocenters.